The fourth-order valence-electron chi connectivity index (χ4n) is 2.44. The van der Waals surface area contributed by atoms with Crippen LogP contribution in [0.1, 0.15) is 46.0 Å². The van der Waals surface area contributed by atoms with Gasteiger partial charge in [-0.25, -0.2) is 0 Å². The largest absolute Gasteiger partial charge is 0.312 e. The van der Waals surface area contributed by atoms with E-state index in [1.807, 2.05) is 0 Å². The van der Waals surface area contributed by atoms with Crippen LogP contribution in [0.15, 0.2) is 0 Å². The summed E-state index contributed by atoms with van der Waals surface area (Å²) < 4.78 is 0. The highest BCUT2D eigenvalue weighted by atomic mass is 15.2. The van der Waals surface area contributed by atoms with Gasteiger partial charge in [-0.3, -0.25) is 0 Å². The van der Waals surface area contributed by atoms with Crippen LogP contribution in [0.3, 0.4) is 0 Å². The lowest BCUT2D eigenvalue weighted by Gasteiger charge is -2.38. The minimum Gasteiger partial charge on any atom is -0.312 e. The second-order valence-corrected chi connectivity index (χ2v) is 4.49. The van der Waals surface area contributed by atoms with Crippen molar-refractivity contribution >= 4 is 0 Å². The van der Waals surface area contributed by atoms with E-state index in [0.717, 1.165) is 12.1 Å². The van der Waals surface area contributed by atoms with Crippen LogP contribution < -0.4 is 5.32 Å². The summed E-state index contributed by atoms with van der Waals surface area (Å²) in [5, 5.41) is 3.69. The minimum absolute atomic E-state index is 0.744. The lowest BCUT2D eigenvalue weighted by atomic mass is 9.89. The SMILES string of the molecule is CCCNC1CCCCC1N(C)CC. The van der Waals surface area contributed by atoms with Gasteiger partial charge < -0.3 is 10.2 Å². The topological polar surface area (TPSA) is 15.3 Å². The third-order valence-corrected chi connectivity index (χ3v) is 3.45. The number of likely N-dealkylation sites (N-methyl/N-ethyl adjacent to an activating group) is 1. The molecule has 0 aromatic rings. The fourth-order valence-corrected chi connectivity index (χ4v) is 2.44. The highest BCUT2D eigenvalue weighted by Crippen LogP contribution is 2.22. The Morgan fingerprint density at radius 2 is 1.93 bits per heavy atom. The van der Waals surface area contributed by atoms with Gasteiger partial charge >= 0.3 is 0 Å². The number of nitrogens with zero attached hydrogens (tertiary/aromatic N) is 1. The first kappa shape index (κ1) is 12.0. The molecule has 1 fully saturated rings. The maximum atomic E-state index is 3.69. The predicted octanol–water partition coefficient (Wildman–Crippen LogP) is 2.25. The molecule has 1 rings (SSSR count). The molecular weight excluding hydrogens is 172 g/mol. The zero-order chi connectivity index (χ0) is 10.4. The van der Waals surface area contributed by atoms with Crippen molar-refractivity contribution in [1.29, 1.82) is 0 Å². The number of rotatable bonds is 5. The Labute approximate surface area is 89.1 Å². The van der Waals surface area contributed by atoms with E-state index in [0.29, 0.717) is 0 Å². The van der Waals surface area contributed by atoms with Crippen molar-refractivity contribution in [2.75, 3.05) is 20.1 Å². The summed E-state index contributed by atoms with van der Waals surface area (Å²) in [6.45, 7) is 6.85. The quantitative estimate of drug-likeness (QED) is 0.729. The molecule has 2 atom stereocenters. The van der Waals surface area contributed by atoms with Crippen molar-refractivity contribution in [3.05, 3.63) is 0 Å². The smallest absolute Gasteiger partial charge is 0.0246 e. The lowest BCUT2D eigenvalue weighted by molar-refractivity contribution is 0.156. The van der Waals surface area contributed by atoms with E-state index >= 15 is 0 Å². The van der Waals surface area contributed by atoms with E-state index in [4.69, 9.17) is 0 Å². The van der Waals surface area contributed by atoms with Gasteiger partial charge in [0.25, 0.3) is 0 Å². The molecule has 1 N–H and O–H groups in total. The molecule has 84 valence electrons. The first-order chi connectivity index (χ1) is 6.79. The molecule has 1 aliphatic rings. The second-order valence-electron chi connectivity index (χ2n) is 4.49. The van der Waals surface area contributed by atoms with Gasteiger partial charge in [0.05, 0.1) is 0 Å². The van der Waals surface area contributed by atoms with Gasteiger partial charge in [-0.2, -0.15) is 0 Å². The molecule has 14 heavy (non-hydrogen) atoms. The molecule has 1 aliphatic carbocycles. The van der Waals surface area contributed by atoms with E-state index in [9.17, 15) is 0 Å². The van der Waals surface area contributed by atoms with Crippen molar-refractivity contribution in [2.45, 2.75) is 58.0 Å². The van der Waals surface area contributed by atoms with E-state index in [2.05, 4.69) is 31.1 Å². The average molecular weight is 198 g/mol. The first-order valence-corrected chi connectivity index (χ1v) is 6.23. The molecule has 0 amide bonds. The van der Waals surface area contributed by atoms with E-state index < -0.39 is 0 Å². The molecule has 2 nitrogen and oxygen atoms in total. The first-order valence-electron chi connectivity index (χ1n) is 6.23. The Bertz CT molecular complexity index is 147. The van der Waals surface area contributed by atoms with Crippen LogP contribution in [0.5, 0.6) is 0 Å². The van der Waals surface area contributed by atoms with E-state index in [-0.39, 0.29) is 0 Å². The Kier molecular flexibility index (Phi) is 5.49. The zero-order valence-electron chi connectivity index (χ0n) is 10.1. The molecule has 0 aromatic heterocycles. The summed E-state index contributed by atoms with van der Waals surface area (Å²) in [6.07, 6.45) is 6.83. The molecule has 2 unspecified atom stereocenters. The average Bonchev–Trinajstić information content (AvgIpc) is 2.25. The second kappa shape index (κ2) is 6.41. The Balaban J connectivity index is 2.41. The Morgan fingerprint density at radius 3 is 2.57 bits per heavy atom. The van der Waals surface area contributed by atoms with E-state index in [1.165, 1.54) is 45.2 Å². The Morgan fingerprint density at radius 1 is 1.21 bits per heavy atom. The van der Waals surface area contributed by atoms with Gasteiger partial charge in [0.1, 0.15) is 0 Å². The van der Waals surface area contributed by atoms with E-state index in [1.54, 1.807) is 0 Å². The van der Waals surface area contributed by atoms with Crippen LogP contribution in [-0.4, -0.2) is 37.1 Å². The molecule has 0 aromatic carbocycles. The molecule has 0 saturated heterocycles. The summed E-state index contributed by atoms with van der Waals surface area (Å²) >= 11 is 0. The fraction of sp³-hybridized carbons (Fsp3) is 1.00. The molecule has 2 heteroatoms. The van der Waals surface area contributed by atoms with Gasteiger partial charge in [-0.15, -0.1) is 0 Å². The maximum Gasteiger partial charge on any atom is 0.0246 e. The van der Waals surface area contributed by atoms with Gasteiger partial charge in [-0.1, -0.05) is 26.7 Å². The highest BCUT2D eigenvalue weighted by Gasteiger charge is 2.26. The molecule has 0 aliphatic heterocycles. The maximum absolute atomic E-state index is 3.69. The summed E-state index contributed by atoms with van der Waals surface area (Å²) in [4.78, 5) is 2.51. The number of hydrogen-bond acceptors (Lipinski definition) is 2. The van der Waals surface area contributed by atoms with Gasteiger partial charge in [-0.05, 0) is 39.4 Å². The van der Waals surface area contributed by atoms with Crippen molar-refractivity contribution in [3.8, 4) is 0 Å². The Hall–Kier alpha value is -0.0800. The van der Waals surface area contributed by atoms with Crippen LogP contribution in [0.25, 0.3) is 0 Å². The molecule has 0 spiro atoms. The summed E-state index contributed by atoms with van der Waals surface area (Å²) in [5.41, 5.74) is 0. The van der Waals surface area contributed by atoms with Crippen LogP contribution in [-0.2, 0) is 0 Å². The molecule has 0 heterocycles. The summed E-state index contributed by atoms with van der Waals surface area (Å²) in [7, 11) is 2.26. The standard InChI is InChI=1S/C12H26N2/c1-4-10-13-11-8-6-7-9-12(11)14(3)5-2/h11-13H,4-10H2,1-3H3. The lowest BCUT2D eigenvalue weighted by Crippen LogP contribution is -2.50. The third kappa shape index (κ3) is 3.25. The number of nitrogens with one attached hydrogen (secondary N) is 1. The number of hydrogen-bond donors (Lipinski definition) is 1. The highest BCUT2D eigenvalue weighted by molar-refractivity contribution is 4.86. The van der Waals surface area contributed by atoms with Crippen molar-refractivity contribution in [1.82, 2.24) is 10.2 Å². The van der Waals surface area contributed by atoms with Crippen LogP contribution in [0.2, 0.25) is 0 Å². The molecular formula is C12H26N2. The van der Waals surface area contributed by atoms with Crippen LogP contribution >= 0.6 is 0 Å². The summed E-state index contributed by atoms with van der Waals surface area (Å²) in [6, 6.07) is 1.52. The van der Waals surface area contributed by atoms with Crippen molar-refractivity contribution < 1.29 is 0 Å². The van der Waals surface area contributed by atoms with Gasteiger partial charge in [0, 0.05) is 12.1 Å². The van der Waals surface area contributed by atoms with Crippen molar-refractivity contribution in [3.63, 3.8) is 0 Å². The molecule has 1 saturated carbocycles. The summed E-state index contributed by atoms with van der Waals surface area (Å²) in [5.74, 6) is 0. The van der Waals surface area contributed by atoms with Crippen LogP contribution in [0, 0.1) is 0 Å². The third-order valence-electron chi connectivity index (χ3n) is 3.45. The van der Waals surface area contributed by atoms with Crippen LogP contribution in [0.4, 0.5) is 0 Å². The zero-order valence-corrected chi connectivity index (χ0v) is 10.1. The molecule has 0 radical (unpaired) electrons. The normalized spacial score (nSPS) is 28.3. The van der Waals surface area contributed by atoms with Gasteiger partial charge in [0.2, 0.25) is 0 Å². The van der Waals surface area contributed by atoms with Gasteiger partial charge in [0.15, 0.2) is 0 Å². The van der Waals surface area contributed by atoms with Crippen molar-refractivity contribution in [2.24, 2.45) is 0 Å². The predicted molar refractivity (Wildman–Crippen MR) is 62.6 cm³/mol. The monoisotopic (exact) mass is 198 g/mol. The minimum atomic E-state index is 0.744. The molecule has 0 bridgehead atoms.